The monoisotopic (exact) mass is 810 g/mol. The Bertz CT molecular complexity index is 2370. The number of nitrogens with zero attached hydrogens (tertiary/aromatic N) is 2. The highest BCUT2D eigenvalue weighted by atomic mass is 32.1. The number of anilines is 3. The molecule has 4 heterocycles. The molecule has 284 valence electrons. The molecule has 0 spiro atoms. The van der Waals surface area contributed by atoms with Crippen LogP contribution >= 0.6 is 45.3 Å². The third kappa shape index (κ3) is 9.25. The first-order chi connectivity index (χ1) is 27.4. The Kier molecular flexibility index (Phi) is 13.3. The van der Waals surface area contributed by atoms with E-state index in [9.17, 15) is 15.2 Å². The summed E-state index contributed by atoms with van der Waals surface area (Å²) in [7, 11) is 0. The van der Waals surface area contributed by atoms with Gasteiger partial charge in [-0.25, -0.2) is 4.79 Å². The molecule has 7 aromatic rings. The molecule has 0 unspecified atom stereocenters. The van der Waals surface area contributed by atoms with Gasteiger partial charge in [0, 0.05) is 55.7 Å². The average molecular weight is 811 g/mol. The molecule has 56 heavy (non-hydrogen) atoms. The topological polar surface area (TPSA) is 64.3 Å². The molecule has 4 aromatic heterocycles. The van der Waals surface area contributed by atoms with Gasteiger partial charge in [-0.05, 0) is 109 Å². The van der Waals surface area contributed by atoms with Crippen molar-refractivity contribution in [2.75, 3.05) is 4.90 Å². The van der Waals surface area contributed by atoms with E-state index < -0.39 is 5.97 Å². The van der Waals surface area contributed by atoms with Gasteiger partial charge in [0.1, 0.15) is 11.6 Å². The maximum atomic E-state index is 11.5. The molecule has 0 bridgehead atoms. The first-order valence-corrected chi connectivity index (χ1v) is 22.9. The SMILES string of the molecule is CCCCCCc1cc(-c2ccc(N(c3ccccc3)c3ccccc3)cc2)sc1-c1cc(CCCCCC)c(-c2cc3sc(/C=C(/C#N)C(=O)O)cc3s2)s1. The zero-order chi connectivity index (χ0) is 38.9. The van der Waals surface area contributed by atoms with Gasteiger partial charge in [-0.15, -0.1) is 45.3 Å². The quantitative estimate of drug-likeness (QED) is 0.0533. The number of nitriles is 1. The van der Waals surface area contributed by atoms with E-state index in [1.165, 1.54) is 98.5 Å². The average Bonchev–Trinajstić information content (AvgIpc) is 4.01. The van der Waals surface area contributed by atoms with E-state index in [0.29, 0.717) is 0 Å². The molecule has 0 radical (unpaired) electrons. The summed E-state index contributed by atoms with van der Waals surface area (Å²) < 4.78 is 2.25. The van der Waals surface area contributed by atoms with E-state index in [1.807, 2.05) is 28.7 Å². The smallest absolute Gasteiger partial charge is 0.346 e. The number of aliphatic carboxylic acids is 1. The molecule has 8 heteroatoms. The number of carbonyl (C=O) groups is 1. The predicted octanol–water partition coefficient (Wildman–Crippen LogP) is 15.8. The van der Waals surface area contributed by atoms with E-state index in [1.54, 1.807) is 28.7 Å². The van der Waals surface area contributed by atoms with Crippen LogP contribution in [-0.2, 0) is 17.6 Å². The van der Waals surface area contributed by atoms with Crippen LogP contribution in [0.3, 0.4) is 0 Å². The normalized spacial score (nSPS) is 11.6. The minimum atomic E-state index is -1.19. The summed E-state index contributed by atoms with van der Waals surface area (Å²) in [6.45, 7) is 4.54. The van der Waals surface area contributed by atoms with Crippen LogP contribution in [0.1, 0.15) is 81.2 Å². The molecule has 0 fully saturated rings. The number of fused-ring (bicyclic) bond motifs is 1. The second-order valence-electron chi connectivity index (χ2n) is 14.1. The zero-order valence-electron chi connectivity index (χ0n) is 31.9. The summed E-state index contributed by atoms with van der Waals surface area (Å²) in [6.07, 6.45) is 13.4. The van der Waals surface area contributed by atoms with Crippen LogP contribution < -0.4 is 4.90 Å². The van der Waals surface area contributed by atoms with Crippen molar-refractivity contribution in [2.45, 2.75) is 78.1 Å². The maximum absolute atomic E-state index is 11.5. The van der Waals surface area contributed by atoms with Crippen LogP contribution in [-0.4, -0.2) is 11.1 Å². The Morgan fingerprint density at radius 3 is 1.68 bits per heavy atom. The standard InChI is InChI=1S/C48H46N2O2S4/c1-3-5-7-11-17-34-28-41(33-23-25-39(26-24-33)50(37-19-13-9-14-20-37)38-21-15-10-16-22-38)55-46(34)44-29-35(18-12-8-6-4-2)47(56-44)45-31-43-42(54-45)30-40(53-43)27-36(32-49)48(51)52/h9-10,13-16,19-31H,3-8,11-12,17-18H2,1-2H3,(H,51,52)/b36-27-. The van der Waals surface area contributed by atoms with Crippen LogP contribution in [0.4, 0.5) is 17.1 Å². The molecule has 0 saturated heterocycles. The van der Waals surface area contributed by atoms with E-state index in [-0.39, 0.29) is 5.57 Å². The van der Waals surface area contributed by atoms with Gasteiger partial charge in [-0.1, -0.05) is 101 Å². The first-order valence-electron chi connectivity index (χ1n) is 19.6. The fourth-order valence-electron chi connectivity index (χ4n) is 7.08. The Morgan fingerprint density at radius 2 is 1.14 bits per heavy atom. The summed E-state index contributed by atoms with van der Waals surface area (Å²) in [5, 5.41) is 18.7. The Balaban J connectivity index is 1.24. The number of carboxylic acid groups (broad SMARTS) is 1. The highest BCUT2D eigenvalue weighted by Crippen LogP contribution is 2.49. The van der Waals surface area contributed by atoms with E-state index in [2.05, 4.69) is 122 Å². The van der Waals surface area contributed by atoms with Crippen molar-refractivity contribution in [1.82, 2.24) is 0 Å². The number of hydrogen-bond donors (Lipinski definition) is 1. The number of para-hydroxylation sites is 2. The molecule has 0 aliphatic carbocycles. The molecule has 0 aliphatic rings. The van der Waals surface area contributed by atoms with Crippen LogP contribution in [0.5, 0.6) is 0 Å². The summed E-state index contributed by atoms with van der Waals surface area (Å²) in [4.78, 5) is 21.2. The fraction of sp³-hybridized carbons (Fsp3) is 0.250. The molecule has 0 aliphatic heterocycles. The lowest BCUT2D eigenvalue weighted by atomic mass is 10.0. The van der Waals surface area contributed by atoms with Crippen molar-refractivity contribution in [2.24, 2.45) is 0 Å². The third-order valence-corrected chi connectivity index (χ3v) is 15.0. The van der Waals surface area contributed by atoms with E-state index >= 15 is 0 Å². The number of unbranched alkanes of at least 4 members (excludes halogenated alkanes) is 6. The highest BCUT2D eigenvalue weighted by molar-refractivity contribution is 7.32. The van der Waals surface area contributed by atoms with Gasteiger partial charge < -0.3 is 10.0 Å². The van der Waals surface area contributed by atoms with Gasteiger partial charge in [0.15, 0.2) is 0 Å². The molecule has 1 N–H and O–H groups in total. The number of rotatable bonds is 18. The first kappa shape index (κ1) is 39.5. The van der Waals surface area contributed by atoms with E-state index in [4.69, 9.17) is 0 Å². The predicted molar refractivity (Wildman–Crippen MR) is 243 cm³/mol. The number of hydrogen-bond acceptors (Lipinski definition) is 7. The van der Waals surface area contributed by atoms with Gasteiger partial charge in [0.2, 0.25) is 0 Å². The largest absolute Gasteiger partial charge is 0.477 e. The summed E-state index contributed by atoms with van der Waals surface area (Å²) in [6, 6.07) is 41.2. The van der Waals surface area contributed by atoms with Crippen molar-refractivity contribution in [1.29, 1.82) is 5.26 Å². The maximum Gasteiger partial charge on any atom is 0.346 e. The number of benzene rings is 3. The van der Waals surface area contributed by atoms with Crippen LogP contribution in [0.15, 0.2) is 115 Å². The fourth-order valence-corrected chi connectivity index (χ4v) is 12.1. The van der Waals surface area contributed by atoms with Gasteiger partial charge in [-0.3, -0.25) is 0 Å². The lowest BCUT2D eigenvalue weighted by Crippen LogP contribution is -2.09. The second-order valence-corrected chi connectivity index (χ2v) is 18.4. The van der Waals surface area contributed by atoms with Gasteiger partial charge in [-0.2, -0.15) is 5.26 Å². The second kappa shape index (κ2) is 18.9. The van der Waals surface area contributed by atoms with Crippen LogP contribution in [0.25, 0.3) is 45.4 Å². The third-order valence-electron chi connectivity index (χ3n) is 9.97. The Morgan fingerprint density at radius 1 is 0.625 bits per heavy atom. The number of thiophene rings is 4. The Hall–Kier alpha value is -4.78. The van der Waals surface area contributed by atoms with Crippen LogP contribution in [0.2, 0.25) is 0 Å². The molecular formula is C48H46N2O2S4. The number of carboxylic acids is 1. The lowest BCUT2D eigenvalue weighted by molar-refractivity contribution is -0.132. The van der Waals surface area contributed by atoms with E-state index in [0.717, 1.165) is 44.2 Å². The minimum absolute atomic E-state index is 0.241. The zero-order valence-corrected chi connectivity index (χ0v) is 35.2. The molecule has 0 amide bonds. The molecule has 7 rings (SSSR count). The minimum Gasteiger partial charge on any atom is -0.477 e. The lowest BCUT2D eigenvalue weighted by Gasteiger charge is -2.25. The van der Waals surface area contributed by atoms with Crippen molar-refractivity contribution in [3.8, 4) is 36.0 Å². The summed E-state index contributed by atoms with van der Waals surface area (Å²) >= 11 is 7.16. The van der Waals surface area contributed by atoms with Crippen molar-refractivity contribution >= 4 is 83.9 Å². The van der Waals surface area contributed by atoms with Gasteiger partial charge >= 0.3 is 5.97 Å². The number of aryl methyl sites for hydroxylation is 2. The summed E-state index contributed by atoms with van der Waals surface area (Å²) in [5.41, 5.74) is 7.26. The van der Waals surface area contributed by atoms with Crippen LogP contribution in [0, 0.1) is 11.3 Å². The molecule has 0 atom stereocenters. The van der Waals surface area contributed by atoms with Crippen molar-refractivity contribution in [3.63, 3.8) is 0 Å². The highest BCUT2D eigenvalue weighted by Gasteiger charge is 2.21. The molecule has 4 nitrogen and oxygen atoms in total. The Labute approximate surface area is 346 Å². The van der Waals surface area contributed by atoms with Crippen molar-refractivity contribution < 1.29 is 9.90 Å². The van der Waals surface area contributed by atoms with Gasteiger partial charge in [0.05, 0.1) is 0 Å². The molecule has 3 aromatic carbocycles. The molecule has 0 saturated carbocycles. The summed E-state index contributed by atoms with van der Waals surface area (Å²) in [5.74, 6) is -1.19. The molecular weight excluding hydrogens is 765 g/mol. The van der Waals surface area contributed by atoms with Crippen molar-refractivity contribution in [3.05, 3.63) is 131 Å². The van der Waals surface area contributed by atoms with Gasteiger partial charge in [0.25, 0.3) is 0 Å².